The summed E-state index contributed by atoms with van der Waals surface area (Å²) >= 11 is 1.62. The maximum Gasteiger partial charge on any atom is 0.407 e. The van der Waals surface area contributed by atoms with Gasteiger partial charge in [0.2, 0.25) is 0 Å². The molecule has 0 fully saturated rings. The predicted molar refractivity (Wildman–Crippen MR) is 138 cm³/mol. The summed E-state index contributed by atoms with van der Waals surface area (Å²) < 4.78 is 0. The number of carbonyl (C=O) groups is 1. The molecule has 0 aliphatic carbocycles. The van der Waals surface area contributed by atoms with Crippen LogP contribution in [0.5, 0.6) is 5.75 Å². The molecule has 0 saturated heterocycles. The number of rotatable bonds is 21. The van der Waals surface area contributed by atoms with Gasteiger partial charge in [-0.2, -0.15) is 0 Å². The van der Waals surface area contributed by atoms with Crippen molar-refractivity contribution in [3.63, 3.8) is 0 Å². The molecular formula is C27H47NO3S. The van der Waals surface area contributed by atoms with Crippen molar-refractivity contribution in [2.45, 2.75) is 115 Å². The molecule has 0 aliphatic rings. The zero-order chi connectivity index (χ0) is 23.3. The van der Waals surface area contributed by atoms with Crippen molar-refractivity contribution in [2.24, 2.45) is 0 Å². The number of aromatic hydroxyl groups is 1. The van der Waals surface area contributed by atoms with Crippen LogP contribution >= 0.6 is 11.8 Å². The molecule has 0 unspecified atom stereocenters. The second-order valence-electron chi connectivity index (χ2n) is 8.92. The largest absolute Gasteiger partial charge is 0.508 e. The lowest BCUT2D eigenvalue weighted by Gasteiger charge is -2.18. The Kier molecular flexibility index (Phi) is 18.2. The van der Waals surface area contributed by atoms with Gasteiger partial charge in [0.25, 0.3) is 0 Å². The lowest BCUT2D eigenvalue weighted by atomic mass is 10.0. The first kappa shape index (κ1) is 28.7. The molecule has 4 nitrogen and oxygen atoms in total. The van der Waals surface area contributed by atoms with E-state index in [4.69, 9.17) is 0 Å². The van der Waals surface area contributed by atoms with Crippen molar-refractivity contribution in [1.82, 2.24) is 4.90 Å². The zero-order valence-electron chi connectivity index (χ0n) is 20.4. The molecule has 5 heteroatoms. The fraction of sp³-hybridized carbons (Fsp3) is 0.741. The SMILES string of the molecule is CCCCCCCCCCCCCCCCCCN(CCSc1ccc(O)cc1)C(=O)O. The van der Waals surface area contributed by atoms with E-state index in [9.17, 15) is 15.0 Å². The highest BCUT2D eigenvalue weighted by molar-refractivity contribution is 7.99. The molecule has 1 aromatic rings. The number of phenolic OH excluding ortho intramolecular Hbond substituents is 1. The van der Waals surface area contributed by atoms with Crippen molar-refractivity contribution in [3.8, 4) is 5.75 Å². The number of carboxylic acid groups (broad SMARTS) is 1. The Hall–Kier alpha value is -1.36. The topological polar surface area (TPSA) is 60.8 Å². The van der Waals surface area contributed by atoms with Gasteiger partial charge in [0.05, 0.1) is 0 Å². The lowest BCUT2D eigenvalue weighted by Crippen LogP contribution is -2.32. The molecule has 32 heavy (non-hydrogen) atoms. The van der Waals surface area contributed by atoms with Crippen molar-refractivity contribution < 1.29 is 15.0 Å². The summed E-state index contributed by atoms with van der Waals surface area (Å²) in [6.07, 6.45) is 20.4. The first-order valence-corrected chi connectivity index (χ1v) is 14.0. The van der Waals surface area contributed by atoms with Gasteiger partial charge in [-0.25, -0.2) is 4.79 Å². The number of hydrogen-bond acceptors (Lipinski definition) is 3. The van der Waals surface area contributed by atoms with Gasteiger partial charge in [-0.3, -0.25) is 0 Å². The summed E-state index contributed by atoms with van der Waals surface area (Å²) in [4.78, 5) is 14.1. The highest BCUT2D eigenvalue weighted by atomic mass is 32.2. The second-order valence-corrected chi connectivity index (χ2v) is 10.1. The summed E-state index contributed by atoms with van der Waals surface area (Å²) in [5.41, 5.74) is 0. The van der Waals surface area contributed by atoms with E-state index in [1.165, 1.54) is 94.8 Å². The van der Waals surface area contributed by atoms with Crippen LogP contribution in [0.2, 0.25) is 0 Å². The standard InChI is InChI=1S/C27H47NO3S/c1-2-3-4-5-6-7-8-9-10-11-12-13-14-15-16-17-22-28(27(30)31)23-24-32-26-20-18-25(29)19-21-26/h18-21,29H,2-17,22-24H2,1H3,(H,30,31). The Morgan fingerprint density at radius 2 is 1.16 bits per heavy atom. The van der Waals surface area contributed by atoms with E-state index in [0.29, 0.717) is 13.1 Å². The second kappa shape index (κ2) is 20.3. The van der Waals surface area contributed by atoms with E-state index in [-0.39, 0.29) is 5.75 Å². The lowest BCUT2D eigenvalue weighted by molar-refractivity contribution is 0.147. The Bertz CT molecular complexity index is 565. The minimum absolute atomic E-state index is 0.255. The molecular weight excluding hydrogens is 418 g/mol. The monoisotopic (exact) mass is 465 g/mol. The maximum atomic E-state index is 11.5. The van der Waals surface area contributed by atoms with E-state index >= 15 is 0 Å². The van der Waals surface area contributed by atoms with Gasteiger partial charge in [0, 0.05) is 23.7 Å². The van der Waals surface area contributed by atoms with Crippen molar-refractivity contribution in [1.29, 1.82) is 0 Å². The van der Waals surface area contributed by atoms with Gasteiger partial charge in [0.15, 0.2) is 0 Å². The van der Waals surface area contributed by atoms with Gasteiger partial charge >= 0.3 is 6.09 Å². The Morgan fingerprint density at radius 1 is 0.719 bits per heavy atom. The normalized spacial score (nSPS) is 11.0. The smallest absolute Gasteiger partial charge is 0.407 e. The first-order chi connectivity index (χ1) is 15.6. The summed E-state index contributed by atoms with van der Waals surface area (Å²) in [7, 11) is 0. The zero-order valence-corrected chi connectivity index (χ0v) is 21.2. The van der Waals surface area contributed by atoms with E-state index in [1.54, 1.807) is 23.9 Å². The molecule has 0 spiro atoms. The van der Waals surface area contributed by atoms with Crippen LogP contribution in [0.3, 0.4) is 0 Å². The Labute approximate surface area is 201 Å². The maximum absolute atomic E-state index is 11.5. The van der Waals surface area contributed by atoms with Crippen LogP contribution in [-0.2, 0) is 0 Å². The van der Waals surface area contributed by atoms with Gasteiger partial charge < -0.3 is 15.1 Å². The van der Waals surface area contributed by atoms with Crippen LogP contribution in [0, 0.1) is 0 Å². The van der Waals surface area contributed by atoms with Crippen LogP contribution in [0.1, 0.15) is 110 Å². The third-order valence-electron chi connectivity index (χ3n) is 6.02. The van der Waals surface area contributed by atoms with Crippen LogP contribution in [0.15, 0.2) is 29.2 Å². The van der Waals surface area contributed by atoms with Crippen molar-refractivity contribution >= 4 is 17.9 Å². The fourth-order valence-corrected chi connectivity index (χ4v) is 4.85. The van der Waals surface area contributed by atoms with Crippen LogP contribution in [-0.4, -0.2) is 40.0 Å². The minimum Gasteiger partial charge on any atom is -0.508 e. The third-order valence-corrected chi connectivity index (χ3v) is 7.01. The van der Waals surface area contributed by atoms with E-state index in [0.717, 1.165) is 23.5 Å². The minimum atomic E-state index is -0.822. The highest BCUT2D eigenvalue weighted by Crippen LogP contribution is 2.21. The number of hydrogen-bond donors (Lipinski definition) is 2. The molecule has 0 aromatic heterocycles. The first-order valence-electron chi connectivity index (χ1n) is 13.0. The number of thioether (sulfide) groups is 1. The van der Waals surface area contributed by atoms with Gasteiger partial charge in [-0.05, 0) is 30.7 Å². The Balaban J connectivity index is 1.90. The number of amides is 1. The average Bonchev–Trinajstić information content (AvgIpc) is 2.78. The molecule has 0 radical (unpaired) electrons. The van der Waals surface area contributed by atoms with E-state index in [1.807, 2.05) is 12.1 Å². The molecule has 2 N–H and O–H groups in total. The molecule has 0 saturated carbocycles. The molecule has 1 aromatic carbocycles. The molecule has 184 valence electrons. The van der Waals surface area contributed by atoms with Crippen LogP contribution in [0.25, 0.3) is 0 Å². The van der Waals surface area contributed by atoms with Crippen molar-refractivity contribution in [2.75, 3.05) is 18.8 Å². The van der Waals surface area contributed by atoms with Crippen LogP contribution < -0.4 is 0 Å². The van der Waals surface area contributed by atoms with Crippen LogP contribution in [0.4, 0.5) is 4.79 Å². The van der Waals surface area contributed by atoms with E-state index < -0.39 is 6.09 Å². The molecule has 0 bridgehead atoms. The third kappa shape index (κ3) is 16.3. The van der Waals surface area contributed by atoms with E-state index in [2.05, 4.69) is 6.92 Å². The van der Waals surface area contributed by atoms with Gasteiger partial charge in [-0.15, -0.1) is 11.8 Å². The van der Waals surface area contributed by atoms with Gasteiger partial charge in [0.1, 0.15) is 5.75 Å². The average molecular weight is 466 g/mol. The highest BCUT2D eigenvalue weighted by Gasteiger charge is 2.10. The Morgan fingerprint density at radius 3 is 1.59 bits per heavy atom. The molecule has 0 aliphatic heterocycles. The fourth-order valence-electron chi connectivity index (χ4n) is 3.97. The summed E-state index contributed by atoms with van der Waals surface area (Å²) in [5, 5.41) is 18.7. The number of unbranched alkanes of at least 4 members (excludes halogenated alkanes) is 15. The number of benzene rings is 1. The quantitative estimate of drug-likeness (QED) is 0.141. The molecule has 1 amide bonds. The molecule has 1 rings (SSSR count). The van der Waals surface area contributed by atoms with Gasteiger partial charge in [-0.1, -0.05) is 103 Å². The molecule has 0 atom stereocenters. The molecule has 0 heterocycles. The summed E-state index contributed by atoms with van der Waals surface area (Å²) in [6, 6.07) is 7.04. The number of nitrogens with zero attached hydrogens (tertiary/aromatic N) is 1. The number of phenols is 1. The predicted octanol–water partition coefficient (Wildman–Crippen LogP) is 8.73. The summed E-state index contributed by atoms with van der Waals surface area (Å²) in [6.45, 7) is 3.44. The van der Waals surface area contributed by atoms with Crippen molar-refractivity contribution in [3.05, 3.63) is 24.3 Å². The summed E-state index contributed by atoms with van der Waals surface area (Å²) in [5.74, 6) is 0.987.